The summed E-state index contributed by atoms with van der Waals surface area (Å²) in [5, 5.41) is 2.83. The second-order valence-electron chi connectivity index (χ2n) is 14.7. The first-order valence-corrected chi connectivity index (χ1v) is 25.0. The van der Waals surface area contributed by atoms with Crippen LogP contribution in [-0.4, -0.2) is 71.6 Å². The molecule has 2 amide bonds. The maximum atomic E-state index is 15.1. The van der Waals surface area contributed by atoms with Gasteiger partial charge in [-0.2, -0.15) is 0 Å². The number of hydrogen-bond acceptors (Lipinski definition) is 5. The van der Waals surface area contributed by atoms with Crippen LogP contribution in [-0.2, 0) is 14.3 Å². The molecule has 1 heterocycles. The van der Waals surface area contributed by atoms with Gasteiger partial charge in [0.15, 0.2) is 0 Å². The number of Topliss-reactive ketones (excluding diaryl/α,β-unsaturated/α-hetero) is 1. The Bertz CT molecular complexity index is 1100. The third-order valence-electron chi connectivity index (χ3n) is 8.44. The molecule has 1 aliphatic rings. The van der Waals surface area contributed by atoms with Crippen molar-refractivity contribution in [2.75, 3.05) is 13.1 Å². The van der Waals surface area contributed by atoms with Crippen LogP contribution in [0.3, 0.4) is 0 Å². The molecule has 1 aliphatic heterocycles. The fourth-order valence-corrected chi connectivity index (χ4v) is 23.9. The zero-order chi connectivity index (χ0) is 33.7. The van der Waals surface area contributed by atoms with Crippen LogP contribution in [0.5, 0.6) is 0 Å². The molecule has 0 saturated heterocycles. The van der Waals surface area contributed by atoms with Gasteiger partial charge in [0.1, 0.15) is 0 Å². The average molecular weight is 734 g/mol. The van der Waals surface area contributed by atoms with Crippen LogP contribution in [0.1, 0.15) is 126 Å². The van der Waals surface area contributed by atoms with E-state index in [-0.39, 0.29) is 5.78 Å². The molecule has 0 radical (unpaired) electrons. The number of unbranched alkanes of at least 4 members (excludes halogenated alkanes) is 4. The zero-order valence-corrected chi connectivity index (χ0v) is 32.7. The van der Waals surface area contributed by atoms with Crippen molar-refractivity contribution in [3.63, 3.8) is 0 Å². The average Bonchev–Trinajstić information content (AvgIpc) is 2.96. The minimum absolute atomic E-state index is 0.158. The van der Waals surface area contributed by atoms with E-state index in [9.17, 15) is 9.59 Å². The van der Waals surface area contributed by atoms with Crippen LogP contribution >= 0.6 is 0 Å². The van der Waals surface area contributed by atoms with Crippen molar-refractivity contribution in [2.24, 2.45) is 0 Å². The Hall–Kier alpha value is -2.03. The number of nitrogens with zero attached hydrogens (tertiary/aromatic N) is 1. The molecule has 0 bridgehead atoms. The summed E-state index contributed by atoms with van der Waals surface area (Å²) in [6, 6.07) is 9.73. The zero-order valence-electron chi connectivity index (χ0n) is 29.9. The summed E-state index contributed by atoms with van der Waals surface area (Å²) in [6.45, 7) is 18.7. The van der Waals surface area contributed by atoms with Crippen LogP contribution in [0, 0.1) is 0 Å². The van der Waals surface area contributed by atoms with Gasteiger partial charge >= 0.3 is 279 Å². The van der Waals surface area contributed by atoms with Crippen LogP contribution < -0.4 is 5.32 Å². The molecule has 45 heavy (non-hydrogen) atoms. The predicted molar refractivity (Wildman–Crippen MR) is 188 cm³/mol. The number of ketones is 1. The van der Waals surface area contributed by atoms with Crippen LogP contribution in [0.4, 0.5) is 9.59 Å². The molecule has 8 heteroatoms. The number of benzene rings is 1. The Balaban J connectivity index is 2.59. The van der Waals surface area contributed by atoms with Gasteiger partial charge in [0.05, 0.1) is 0 Å². The fourth-order valence-electron chi connectivity index (χ4n) is 6.33. The summed E-state index contributed by atoms with van der Waals surface area (Å²) in [7, 11) is 0. The Morgan fingerprint density at radius 2 is 1.36 bits per heavy atom. The topological polar surface area (TPSA) is 84.9 Å². The maximum absolute atomic E-state index is 15.1. The molecule has 1 aromatic rings. The van der Waals surface area contributed by atoms with Gasteiger partial charge < -0.3 is 0 Å². The molecular formula is C37H62N2O5Sn. The number of rotatable bonds is 16. The molecule has 7 nitrogen and oxygen atoms in total. The molecule has 0 spiro atoms. The molecule has 1 aromatic carbocycles. The number of alkyl carbamates (subject to hydrolysis) is 1. The van der Waals surface area contributed by atoms with Gasteiger partial charge in [-0.3, -0.25) is 0 Å². The standard InChI is InChI=1S/C25H35N2O5.3C4H9.Sn/c1-24(2,3)31-22(29)26-15-11-10-14-20-21(28)16-19(18-12-8-7-9-13-18)17-27(20)23(30)32-25(4,5)6;3*1-3-4-2;/h7-9,12-13,20H,10-11,14-15,17H2,1-6H3,(H,26,29);3*1,3-4H2,2H3;/t20-;;;;/m0..../s1. The van der Waals surface area contributed by atoms with Crippen molar-refractivity contribution in [2.45, 2.75) is 151 Å². The normalized spacial score (nSPS) is 16.2. The van der Waals surface area contributed by atoms with Gasteiger partial charge in [0.2, 0.25) is 0 Å². The van der Waals surface area contributed by atoms with E-state index < -0.39 is 47.8 Å². The number of hydrogen-bond donors (Lipinski definition) is 1. The van der Waals surface area contributed by atoms with E-state index in [2.05, 4.69) is 38.2 Å². The summed E-state index contributed by atoms with van der Waals surface area (Å²) in [4.78, 5) is 42.8. The summed E-state index contributed by atoms with van der Waals surface area (Å²) in [5.74, 6) is 0.158. The first-order valence-electron chi connectivity index (χ1n) is 17.5. The van der Waals surface area contributed by atoms with Crippen molar-refractivity contribution >= 4 is 41.9 Å². The van der Waals surface area contributed by atoms with Crippen molar-refractivity contribution in [1.82, 2.24) is 10.2 Å². The molecule has 1 N–H and O–H groups in total. The molecule has 2 rings (SSSR count). The van der Waals surface area contributed by atoms with Gasteiger partial charge in [-0.15, -0.1) is 0 Å². The Kier molecular flexibility index (Phi) is 16.0. The quantitative estimate of drug-likeness (QED) is 0.135. The third-order valence-corrected chi connectivity index (χ3v) is 24.2. The Labute approximate surface area is 278 Å². The Morgan fingerprint density at radius 3 is 1.84 bits per heavy atom. The van der Waals surface area contributed by atoms with E-state index in [4.69, 9.17) is 9.47 Å². The number of carbonyl (C=O) groups is 3. The molecule has 0 unspecified atom stereocenters. The van der Waals surface area contributed by atoms with E-state index in [1.54, 1.807) is 4.90 Å². The number of carbonyl (C=O) groups excluding carboxylic acids is 3. The van der Waals surface area contributed by atoms with Crippen molar-refractivity contribution in [3.05, 3.63) is 39.5 Å². The molecule has 254 valence electrons. The molecule has 0 aliphatic carbocycles. The molecular weight excluding hydrogens is 671 g/mol. The van der Waals surface area contributed by atoms with Gasteiger partial charge in [-0.05, 0) is 0 Å². The monoisotopic (exact) mass is 734 g/mol. The summed E-state index contributed by atoms with van der Waals surface area (Å²) in [6.07, 6.45) is 7.87. The van der Waals surface area contributed by atoms with Gasteiger partial charge in [-0.1, -0.05) is 0 Å². The Morgan fingerprint density at radius 1 is 0.822 bits per heavy atom. The van der Waals surface area contributed by atoms with Gasteiger partial charge in [-0.25, -0.2) is 0 Å². The van der Waals surface area contributed by atoms with E-state index in [1.807, 2.05) is 59.7 Å². The first kappa shape index (κ1) is 39.1. The van der Waals surface area contributed by atoms with E-state index >= 15 is 4.79 Å². The summed E-state index contributed by atoms with van der Waals surface area (Å²) < 4.78 is 16.0. The SMILES string of the molecule is CCC[CH2][Sn]([CH2]CCC)([CH2]CCC)[C]1=C(c2ccccc2)CN(C(=O)OC(C)(C)C)[C@@H](CCCCNC(=O)OC(C)(C)C)C1=O. The van der Waals surface area contributed by atoms with E-state index in [0.717, 1.165) is 53.3 Å². The van der Waals surface area contributed by atoms with Crippen LogP contribution in [0.15, 0.2) is 33.9 Å². The summed E-state index contributed by atoms with van der Waals surface area (Å²) in [5.41, 5.74) is 0.885. The van der Waals surface area contributed by atoms with Crippen molar-refractivity contribution in [3.8, 4) is 0 Å². The number of amides is 2. The first-order chi connectivity index (χ1) is 21.2. The fraction of sp³-hybridized carbons (Fsp3) is 0.703. The van der Waals surface area contributed by atoms with E-state index in [0.29, 0.717) is 32.4 Å². The minimum atomic E-state index is -3.26. The van der Waals surface area contributed by atoms with Gasteiger partial charge in [0.25, 0.3) is 0 Å². The number of ether oxygens (including phenoxy) is 2. The van der Waals surface area contributed by atoms with Crippen LogP contribution in [0.2, 0.25) is 13.3 Å². The van der Waals surface area contributed by atoms with Crippen molar-refractivity contribution in [1.29, 1.82) is 0 Å². The molecule has 0 aromatic heterocycles. The molecule has 0 fully saturated rings. The number of nitrogens with one attached hydrogen (secondary N) is 1. The van der Waals surface area contributed by atoms with Crippen LogP contribution in [0.25, 0.3) is 5.57 Å². The van der Waals surface area contributed by atoms with E-state index in [1.165, 1.54) is 13.3 Å². The second kappa shape index (κ2) is 18.3. The third kappa shape index (κ3) is 12.6. The van der Waals surface area contributed by atoms with Gasteiger partial charge in [0, 0.05) is 0 Å². The molecule has 1 atom stereocenters. The van der Waals surface area contributed by atoms with Crippen molar-refractivity contribution < 1.29 is 23.9 Å². The molecule has 0 saturated carbocycles. The predicted octanol–water partition coefficient (Wildman–Crippen LogP) is 9.71. The summed E-state index contributed by atoms with van der Waals surface area (Å²) >= 11 is -3.26. The second-order valence-corrected chi connectivity index (χ2v) is 27.7.